The maximum atomic E-state index is 11.6. The third kappa shape index (κ3) is 14.0. The van der Waals surface area contributed by atoms with E-state index in [0.29, 0.717) is 19.0 Å². The molecule has 0 saturated heterocycles. The molecule has 0 spiro atoms. The first kappa shape index (κ1) is 22.3. The van der Waals surface area contributed by atoms with Crippen molar-refractivity contribution in [3.05, 3.63) is 0 Å². The van der Waals surface area contributed by atoms with E-state index >= 15 is 0 Å². The molecule has 2 amide bonds. The number of unbranched alkanes of at least 4 members (excludes halogenated alkanes) is 3. The number of hydrogen-bond acceptors (Lipinski definition) is 6. The lowest BCUT2D eigenvalue weighted by molar-refractivity contribution is -0.120. The lowest BCUT2D eigenvalue weighted by atomic mass is 10.1. The third-order valence-corrected chi connectivity index (χ3v) is 3.31. The molecule has 0 rings (SSSR count). The Bertz CT molecular complexity index is 364. The van der Waals surface area contributed by atoms with Crippen LogP contribution in [0.5, 0.6) is 0 Å². The molecule has 0 aromatic carbocycles. The predicted octanol–water partition coefficient (Wildman–Crippen LogP) is 0.727. The number of carbonyl (C=O) groups is 3. The van der Waals surface area contributed by atoms with Crippen molar-refractivity contribution in [2.45, 2.75) is 52.0 Å². The average molecular weight is 344 g/mol. The number of amides is 2. The van der Waals surface area contributed by atoms with Crippen molar-refractivity contribution < 1.29 is 19.1 Å². The fraction of sp³-hybridized carbons (Fsp3) is 0.812. The van der Waals surface area contributed by atoms with Gasteiger partial charge in [0, 0.05) is 13.1 Å². The van der Waals surface area contributed by atoms with Gasteiger partial charge in [-0.15, -0.1) is 0 Å². The number of rotatable bonds is 14. The van der Waals surface area contributed by atoms with Crippen molar-refractivity contribution in [1.29, 1.82) is 0 Å². The minimum absolute atomic E-state index is 0.107. The van der Waals surface area contributed by atoms with Crippen LogP contribution in [0.2, 0.25) is 0 Å². The minimum Gasteiger partial charge on any atom is -0.453 e. The number of nitrogens with one attached hydrogen (secondary N) is 4. The Morgan fingerprint density at radius 1 is 1.04 bits per heavy atom. The number of ether oxygens (including phenoxy) is 1. The van der Waals surface area contributed by atoms with Crippen LogP contribution in [-0.4, -0.2) is 51.1 Å². The van der Waals surface area contributed by atoms with Gasteiger partial charge in [0.25, 0.3) is 0 Å². The van der Waals surface area contributed by atoms with Gasteiger partial charge in [-0.3, -0.25) is 4.79 Å². The molecule has 0 bridgehead atoms. The number of methoxy groups -OCH3 is 1. The van der Waals surface area contributed by atoms with Gasteiger partial charge in [-0.05, 0) is 25.2 Å². The fourth-order valence-corrected chi connectivity index (χ4v) is 2.08. The third-order valence-electron chi connectivity index (χ3n) is 3.31. The minimum atomic E-state index is -0.409. The second-order valence-corrected chi connectivity index (χ2v) is 6.05. The highest BCUT2D eigenvalue weighted by Gasteiger charge is 2.09. The summed E-state index contributed by atoms with van der Waals surface area (Å²) in [5.41, 5.74) is 5.63. The molecule has 140 valence electrons. The quantitative estimate of drug-likeness (QED) is 0.210. The molecule has 0 fully saturated rings. The monoisotopic (exact) mass is 344 g/mol. The molecule has 8 heteroatoms. The zero-order valence-corrected chi connectivity index (χ0v) is 15.0. The SMILES string of the molecule is COC(=O)NCCCCCCNC(=O)CNN[C@H](C=O)CC(C)C. The number of hydrazine groups is 1. The summed E-state index contributed by atoms with van der Waals surface area (Å²) in [5, 5.41) is 5.43. The van der Waals surface area contributed by atoms with Crippen molar-refractivity contribution in [2.24, 2.45) is 5.92 Å². The molecule has 4 N–H and O–H groups in total. The van der Waals surface area contributed by atoms with E-state index in [4.69, 9.17) is 0 Å². The van der Waals surface area contributed by atoms with Crippen LogP contribution in [0.15, 0.2) is 0 Å². The van der Waals surface area contributed by atoms with E-state index in [9.17, 15) is 14.4 Å². The largest absolute Gasteiger partial charge is 0.453 e. The van der Waals surface area contributed by atoms with E-state index in [1.165, 1.54) is 7.11 Å². The summed E-state index contributed by atoms with van der Waals surface area (Å²) >= 11 is 0. The second kappa shape index (κ2) is 14.9. The first-order valence-corrected chi connectivity index (χ1v) is 8.51. The summed E-state index contributed by atoms with van der Waals surface area (Å²) in [4.78, 5) is 33.3. The molecule has 0 aliphatic carbocycles. The van der Waals surface area contributed by atoms with E-state index in [1.807, 2.05) is 13.8 Å². The van der Waals surface area contributed by atoms with Crippen molar-refractivity contribution in [2.75, 3.05) is 26.7 Å². The first-order chi connectivity index (χ1) is 11.5. The molecule has 0 aliphatic rings. The molecule has 0 aliphatic heterocycles. The summed E-state index contributed by atoms with van der Waals surface area (Å²) in [6.45, 7) is 5.43. The molecular formula is C16H32N4O4. The van der Waals surface area contributed by atoms with Gasteiger partial charge in [0.2, 0.25) is 5.91 Å². The van der Waals surface area contributed by atoms with Crippen molar-refractivity contribution in [3.8, 4) is 0 Å². The van der Waals surface area contributed by atoms with Crippen LogP contribution in [-0.2, 0) is 14.3 Å². The van der Waals surface area contributed by atoms with E-state index in [-0.39, 0.29) is 18.5 Å². The Morgan fingerprint density at radius 2 is 1.67 bits per heavy atom. The topological polar surface area (TPSA) is 109 Å². The maximum absolute atomic E-state index is 11.6. The zero-order valence-electron chi connectivity index (χ0n) is 15.0. The highest BCUT2D eigenvalue weighted by Crippen LogP contribution is 2.01. The number of alkyl carbamates (subject to hydrolysis) is 1. The van der Waals surface area contributed by atoms with Gasteiger partial charge in [0.05, 0.1) is 19.7 Å². The summed E-state index contributed by atoms with van der Waals surface area (Å²) in [7, 11) is 1.34. The van der Waals surface area contributed by atoms with Crippen LogP contribution in [0.1, 0.15) is 46.0 Å². The van der Waals surface area contributed by atoms with Crippen LogP contribution in [0.4, 0.5) is 4.79 Å². The normalized spacial score (nSPS) is 11.8. The van der Waals surface area contributed by atoms with Gasteiger partial charge < -0.3 is 20.2 Å². The molecule has 0 radical (unpaired) electrons. The van der Waals surface area contributed by atoms with Gasteiger partial charge >= 0.3 is 6.09 Å². The fourth-order valence-electron chi connectivity index (χ4n) is 2.08. The molecule has 24 heavy (non-hydrogen) atoms. The molecule has 0 heterocycles. The molecule has 0 aromatic heterocycles. The number of aldehydes is 1. The van der Waals surface area contributed by atoms with Gasteiger partial charge in [0.15, 0.2) is 0 Å². The summed E-state index contributed by atoms with van der Waals surface area (Å²) in [6.07, 6.45) is 4.91. The predicted molar refractivity (Wildman–Crippen MR) is 92.3 cm³/mol. The van der Waals surface area contributed by atoms with Gasteiger partial charge in [-0.2, -0.15) is 0 Å². The Balaban J connectivity index is 3.46. The van der Waals surface area contributed by atoms with Crippen LogP contribution in [0.25, 0.3) is 0 Å². The molecule has 0 saturated carbocycles. The van der Waals surface area contributed by atoms with Gasteiger partial charge in [-0.25, -0.2) is 15.6 Å². The molecular weight excluding hydrogens is 312 g/mol. The summed E-state index contributed by atoms with van der Waals surface area (Å²) < 4.78 is 4.47. The molecule has 0 unspecified atom stereocenters. The van der Waals surface area contributed by atoms with Crippen LogP contribution in [0, 0.1) is 5.92 Å². The van der Waals surface area contributed by atoms with Crippen LogP contribution >= 0.6 is 0 Å². The van der Waals surface area contributed by atoms with E-state index in [1.54, 1.807) is 0 Å². The van der Waals surface area contributed by atoms with E-state index in [2.05, 4.69) is 26.2 Å². The first-order valence-electron chi connectivity index (χ1n) is 8.51. The standard InChI is InChI=1S/C16H32N4O4/c1-13(2)10-14(12-21)20-19-11-15(22)17-8-6-4-5-7-9-18-16(23)24-3/h12-14,19-20H,4-11H2,1-3H3,(H,17,22)(H,18,23)/t14-/m0/s1. The Labute approximate surface area is 144 Å². The maximum Gasteiger partial charge on any atom is 0.406 e. The lowest BCUT2D eigenvalue weighted by Gasteiger charge is -2.15. The lowest BCUT2D eigenvalue weighted by Crippen LogP contribution is -2.47. The summed E-state index contributed by atoms with van der Waals surface area (Å²) in [5.74, 6) is 0.301. The summed E-state index contributed by atoms with van der Waals surface area (Å²) in [6, 6.07) is -0.281. The van der Waals surface area contributed by atoms with Crippen molar-refractivity contribution in [1.82, 2.24) is 21.5 Å². The zero-order chi connectivity index (χ0) is 18.2. The Hall–Kier alpha value is -1.67. The van der Waals surface area contributed by atoms with Gasteiger partial charge in [0.1, 0.15) is 6.29 Å². The number of carbonyl (C=O) groups excluding carboxylic acids is 3. The Kier molecular flexibility index (Phi) is 13.9. The Morgan fingerprint density at radius 3 is 2.21 bits per heavy atom. The highest BCUT2D eigenvalue weighted by atomic mass is 16.5. The van der Waals surface area contributed by atoms with Crippen molar-refractivity contribution in [3.63, 3.8) is 0 Å². The van der Waals surface area contributed by atoms with Crippen molar-refractivity contribution >= 4 is 18.3 Å². The molecule has 0 aromatic rings. The van der Waals surface area contributed by atoms with Gasteiger partial charge in [-0.1, -0.05) is 26.7 Å². The second-order valence-electron chi connectivity index (χ2n) is 6.05. The molecule has 1 atom stereocenters. The van der Waals surface area contributed by atoms with Crippen LogP contribution < -0.4 is 21.5 Å². The highest BCUT2D eigenvalue weighted by molar-refractivity contribution is 5.77. The molecule has 8 nitrogen and oxygen atoms in total. The van der Waals surface area contributed by atoms with E-state index < -0.39 is 6.09 Å². The van der Waals surface area contributed by atoms with E-state index in [0.717, 1.165) is 38.4 Å². The smallest absolute Gasteiger partial charge is 0.406 e. The average Bonchev–Trinajstić information content (AvgIpc) is 2.55. The number of hydrogen-bond donors (Lipinski definition) is 4. The van der Waals surface area contributed by atoms with Crippen LogP contribution in [0.3, 0.4) is 0 Å².